The van der Waals surface area contributed by atoms with Gasteiger partial charge in [-0.15, -0.1) is 0 Å². The number of esters is 1. The zero-order chi connectivity index (χ0) is 27.7. The predicted molar refractivity (Wildman–Crippen MR) is 156 cm³/mol. The minimum absolute atomic E-state index is 0.258. The summed E-state index contributed by atoms with van der Waals surface area (Å²) < 4.78 is 6.17. The summed E-state index contributed by atoms with van der Waals surface area (Å²) in [6.45, 7) is 8.10. The van der Waals surface area contributed by atoms with Gasteiger partial charge in [0, 0.05) is 58.8 Å². The number of carbonyl (C=O) groups is 2. The molecule has 0 aliphatic carbocycles. The number of carbonyl (C=O) groups excluding carboxylic acids is 1. The van der Waals surface area contributed by atoms with Gasteiger partial charge < -0.3 is 24.5 Å². The third kappa shape index (κ3) is 7.21. The van der Waals surface area contributed by atoms with Crippen LogP contribution in [0.15, 0.2) is 30.3 Å². The lowest BCUT2D eigenvalue weighted by Gasteiger charge is -2.37. The Morgan fingerprint density at radius 1 is 0.725 bits per heavy atom. The molecule has 3 fully saturated rings. The van der Waals surface area contributed by atoms with Crippen molar-refractivity contribution < 1.29 is 19.4 Å². The summed E-state index contributed by atoms with van der Waals surface area (Å²) in [6.07, 6.45) is 8.56. The average molecular weight is 551 g/mol. The summed E-state index contributed by atoms with van der Waals surface area (Å²) in [4.78, 5) is 43.3. The maximum atomic E-state index is 13.3. The van der Waals surface area contributed by atoms with Crippen LogP contribution in [-0.2, 0) is 4.79 Å². The van der Waals surface area contributed by atoms with Gasteiger partial charge in [-0.2, -0.15) is 9.97 Å². The van der Waals surface area contributed by atoms with Crippen molar-refractivity contribution in [3.63, 3.8) is 0 Å². The molecule has 0 atom stereocenters. The highest BCUT2D eigenvalue weighted by molar-refractivity contribution is 5.92. The highest BCUT2D eigenvalue weighted by atomic mass is 16.5. The van der Waals surface area contributed by atoms with Gasteiger partial charge in [-0.25, -0.2) is 4.79 Å². The molecule has 0 saturated carbocycles. The van der Waals surface area contributed by atoms with Gasteiger partial charge >= 0.3 is 11.9 Å². The first-order chi connectivity index (χ1) is 19.6. The van der Waals surface area contributed by atoms with E-state index in [-0.39, 0.29) is 12.4 Å². The summed E-state index contributed by atoms with van der Waals surface area (Å²) >= 11 is 0. The van der Waals surface area contributed by atoms with Crippen LogP contribution in [0.1, 0.15) is 68.1 Å². The lowest BCUT2D eigenvalue weighted by molar-refractivity contribution is -0.137. The number of piperazine rings is 1. The zero-order valence-electron chi connectivity index (χ0n) is 23.5. The molecule has 3 saturated heterocycles. The molecule has 0 unspecified atom stereocenters. The van der Waals surface area contributed by atoms with Crippen LogP contribution >= 0.6 is 0 Å². The highest BCUT2D eigenvalue weighted by Crippen LogP contribution is 2.40. The fourth-order valence-electron chi connectivity index (χ4n) is 5.80. The first-order valence-corrected chi connectivity index (χ1v) is 15.0. The molecular weight excluding hydrogens is 508 g/mol. The number of hydrogen-bond acceptors (Lipinski definition) is 9. The Bertz CT molecular complexity index is 1130. The van der Waals surface area contributed by atoms with Gasteiger partial charge in [0.05, 0.1) is 5.56 Å². The minimum atomic E-state index is -0.713. The van der Waals surface area contributed by atoms with Crippen molar-refractivity contribution in [2.24, 2.45) is 0 Å². The summed E-state index contributed by atoms with van der Waals surface area (Å²) in [5.41, 5.74) is 0.512. The molecule has 4 heterocycles. The Morgan fingerprint density at radius 3 is 1.93 bits per heavy atom. The topological polar surface area (TPSA) is 102 Å². The number of unbranched alkanes of at least 4 members (excludes halogenated alkanes) is 3. The quantitative estimate of drug-likeness (QED) is 0.308. The van der Waals surface area contributed by atoms with E-state index in [1.54, 1.807) is 12.1 Å². The van der Waals surface area contributed by atoms with E-state index in [9.17, 15) is 9.59 Å². The molecule has 0 bridgehead atoms. The molecule has 0 spiro atoms. The van der Waals surface area contributed by atoms with Gasteiger partial charge in [0.2, 0.25) is 11.7 Å². The number of aliphatic carboxylic acids is 1. The van der Waals surface area contributed by atoms with Crippen LogP contribution in [0, 0.1) is 0 Å². The Morgan fingerprint density at radius 2 is 1.30 bits per heavy atom. The van der Waals surface area contributed by atoms with Crippen molar-refractivity contribution in [1.29, 1.82) is 0 Å². The molecule has 5 rings (SSSR count). The van der Waals surface area contributed by atoms with Crippen molar-refractivity contribution in [2.45, 2.75) is 57.8 Å². The van der Waals surface area contributed by atoms with Crippen molar-refractivity contribution in [3.05, 3.63) is 35.9 Å². The summed E-state index contributed by atoms with van der Waals surface area (Å²) in [5, 5.41) is 8.82. The summed E-state index contributed by atoms with van der Waals surface area (Å²) in [7, 11) is 0. The van der Waals surface area contributed by atoms with Gasteiger partial charge in [-0.1, -0.05) is 31.0 Å². The number of hydrogen-bond donors (Lipinski definition) is 1. The standard InChI is InChI=1S/C30H42N6O4/c37-25(38)14-6-1-2-7-15-33-20-22-35(23-21-33)28-26(40-29(39)24-12-4-3-5-13-24)27(34-16-8-9-17-34)31-30(32-28)36-18-10-11-19-36/h3-5,12-13H,1-2,6-11,14-23H2,(H,37,38). The van der Waals surface area contributed by atoms with Gasteiger partial charge in [-0.05, 0) is 57.2 Å². The molecule has 10 heteroatoms. The monoisotopic (exact) mass is 550 g/mol. The molecule has 40 heavy (non-hydrogen) atoms. The Balaban J connectivity index is 1.34. The number of carboxylic acids is 1. The van der Waals surface area contributed by atoms with Gasteiger partial charge in [0.1, 0.15) is 0 Å². The molecule has 0 amide bonds. The normalized spacial score (nSPS) is 17.9. The van der Waals surface area contributed by atoms with Crippen LogP contribution in [0.2, 0.25) is 0 Å². The number of carboxylic acid groups (broad SMARTS) is 1. The van der Waals surface area contributed by atoms with E-state index in [1.807, 2.05) is 18.2 Å². The summed E-state index contributed by atoms with van der Waals surface area (Å²) in [6, 6.07) is 9.13. The van der Waals surface area contributed by atoms with E-state index in [0.29, 0.717) is 11.3 Å². The molecule has 1 N–H and O–H groups in total. The van der Waals surface area contributed by atoms with Crippen LogP contribution in [0.25, 0.3) is 0 Å². The lowest BCUT2D eigenvalue weighted by Crippen LogP contribution is -2.47. The Hall–Kier alpha value is -3.40. The van der Waals surface area contributed by atoms with Crippen molar-refractivity contribution in [3.8, 4) is 5.75 Å². The summed E-state index contributed by atoms with van der Waals surface area (Å²) in [5.74, 6) is 1.56. The van der Waals surface area contributed by atoms with Gasteiger partial charge in [0.25, 0.3) is 0 Å². The number of ether oxygens (including phenoxy) is 1. The van der Waals surface area contributed by atoms with Crippen LogP contribution in [0.4, 0.5) is 17.6 Å². The number of anilines is 3. The van der Waals surface area contributed by atoms with E-state index < -0.39 is 5.97 Å². The smallest absolute Gasteiger partial charge is 0.343 e. The van der Waals surface area contributed by atoms with E-state index in [2.05, 4.69) is 19.6 Å². The van der Waals surface area contributed by atoms with E-state index >= 15 is 0 Å². The number of nitrogens with zero attached hydrogens (tertiary/aromatic N) is 6. The second-order valence-electron chi connectivity index (χ2n) is 11.0. The zero-order valence-corrected chi connectivity index (χ0v) is 23.5. The van der Waals surface area contributed by atoms with E-state index in [1.165, 1.54) is 0 Å². The Labute approximate surface area is 236 Å². The molecule has 216 valence electrons. The molecule has 10 nitrogen and oxygen atoms in total. The molecule has 3 aliphatic heterocycles. The first-order valence-electron chi connectivity index (χ1n) is 15.0. The minimum Gasteiger partial charge on any atom is -0.481 e. The van der Waals surface area contributed by atoms with Crippen LogP contribution in [-0.4, -0.2) is 90.8 Å². The van der Waals surface area contributed by atoms with Crippen LogP contribution < -0.4 is 19.4 Å². The number of rotatable bonds is 12. The van der Waals surface area contributed by atoms with Crippen molar-refractivity contribution >= 4 is 29.5 Å². The first kappa shape index (κ1) is 28.1. The maximum Gasteiger partial charge on any atom is 0.343 e. The second kappa shape index (κ2) is 13.8. The number of aromatic nitrogens is 2. The fraction of sp³-hybridized carbons (Fsp3) is 0.600. The fourth-order valence-corrected chi connectivity index (χ4v) is 5.80. The molecule has 2 aromatic rings. The Kier molecular flexibility index (Phi) is 9.70. The van der Waals surface area contributed by atoms with E-state index in [0.717, 1.165) is 128 Å². The SMILES string of the molecule is O=C(O)CCCCCCN1CCN(c2nc(N3CCCC3)nc(N3CCCC3)c2OC(=O)c2ccccc2)CC1. The molecule has 1 aromatic heterocycles. The van der Waals surface area contributed by atoms with E-state index in [4.69, 9.17) is 19.8 Å². The maximum absolute atomic E-state index is 13.3. The van der Waals surface area contributed by atoms with Crippen molar-refractivity contribution in [1.82, 2.24) is 14.9 Å². The van der Waals surface area contributed by atoms with Gasteiger partial charge in [-0.3, -0.25) is 9.69 Å². The highest BCUT2D eigenvalue weighted by Gasteiger charge is 2.31. The molecule has 1 aromatic carbocycles. The van der Waals surface area contributed by atoms with Gasteiger partial charge in [0.15, 0.2) is 11.6 Å². The second-order valence-corrected chi connectivity index (χ2v) is 11.0. The largest absolute Gasteiger partial charge is 0.481 e. The third-order valence-electron chi connectivity index (χ3n) is 8.10. The average Bonchev–Trinajstić information content (AvgIpc) is 3.71. The lowest BCUT2D eigenvalue weighted by atomic mass is 10.1. The van der Waals surface area contributed by atoms with Crippen LogP contribution in [0.5, 0.6) is 5.75 Å². The third-order valence-corrected chi connectivity index (χ3v) is 8.10. The van der Waals surface area contributed by atoms with Crippen LogP contribution in [0.3, 0.4) is 0 Å². The molecule has 3 aliphatic rings. The number of benzene rings is 1. The molecular formula is C30H42N6O4. The molecule has 0 radical (unpaired) electrons. The van der Waals surface area contributed by atoms with Crippen molar-refractivity contribution in [2.75, 3.05) is 73.6 Å². The predicted octanol–water partition coefficient (Wildman–Crippen LogP) is 4.05.